The highest BCUT2D eigenvalue weighted by Gasteiger charge is 2.19. The molecule has 1 saturated heterocycles. The fourth-order valence-electron chi connectivity index (χ4n) is 3.13. The zero-order valence-corrected chi connectivity index (χ0v) is 13.0. The van der Waals surface area contributed by atoms with Gasteiger partial charge in [-0.2, -0.15) is 0 Å². The summed E-state index contributed by atoms with van der Waals surface area (Å²) < 4.78 is 0. The van der Waals surface area contributed by atoms with Crippen molar-refractivity contribution in [1.82, 2.24) is 4.90 Å². The van der Waals surface area contributed by atoms with Gasteiger partial charge in [-0.25, -0.2) is 0 Å². The Bertz CT molecular complexity index is 388. The molecule has 1 atom stereocenters. The Balaban J connectivity index is 1.90. The van der Waals surface area contributed by atoms with Gasteiger partial charge in [0.05, 0.1) is 0 Å². The van der Waals surface area contributed by atoms with Crippen molar-refractivity contribution in [2.75, 3.05) is 31.6 Å². The highest BCUT2D eigenvalue weighted by atomic mass is 15.2. The molecule has 0 radical (unpaired) electrons. The van der Waals surface area contributed by atoms with Gasteiger partial charge in [-0.1, -0.05) is 18.6 Å². The van der Waals surface area contributed by atoms with Crippen LogP contribution in [-0.4, -0.2) is 37.6 Å². The first kappa shape index (κ1) is 15.3. The summed E-state index contributed by atoms with van der Waals surface area (Å²) >= 11 is 0. The van der Waals surface area contributed by atoms with Crippen LogP contribution in [0, 0.1) is 0 Å². The van der Waals surface area contributed by atoms with E-state index in [0.29, 0.717) is 6.54 Å². The molecule has 2 rings (SSSR count). The van der Waals surface area contributed by atoms with Crippen molar-refractivity contribution in [3.05, 3.63) is 29.8 Å². The van der Waals surface area contributed by atoms with E-state index >= 15 is 0 Å². The van der Waals surface area contributed by atoms with E-state index in [2.05, 4.69) is 48.0 Å². The molecule has 1 aromatic rings. The Morgan fingerprint density at radius 3 is 2.60 bits per heavy atom. The monoisotopic (exact) mass is 275 g/mol. The minimum atomic E-state index is 0.624. The summed E-state index contributed by atoms with van der Waals surface area (Å²) in [5, 5.41) is 0. The minimum Gasteiger partial charge on any atom is -0.372 e. The summed E-state index contributed by atoms with van der Waals surface area (Å²) in [6.07, 6.45) is 5.39. The zero-order chi connectivity index (χ0) is 14.4. The van der Waals surface area contributed by atoms with Crippen LogP contribution in [0.3, 0.4) is 0 Å². The van der Waals surface area contributed by atoms with Gasteiger partial charge < -0.3 is 15.5 Å². The predicted molar refractivity (Wildman–Crippen MR) is 87.1 cm³/mol. The third-order valence-electron chi connectivity index (χ3n) is 4.57. The average Bonchev–Trinajstić information content (AvgIpc) is 2.50. The fourth-order valence-corrected chi connectivity index (χ4v) is 3.13. The van der Waals surface area contributed by atoms with Crippen molar-refractivity contribution in [3.63, 3.8) is 0 Å². The number of nitrogens with zero attached hydrogens (tertiary/aromatic N) is 2. The molecule has 1 unspecified atom stereocenters. The lowest BCUT2D eigenvalue weighted by Gasteiger charge is -2.34. The molecular weight excluding hydrogens is 246 g/mol. The Morgan fingerprint density at radius 1 is 1.25 bits per heavy atom. The van der Waals surface area contributed by atoms with Crippen LogP contribution in [0.4, 0.5) is 5.69 Å². The summed E-state index contributed by atoms with van der Waals surface area (Å²) in [5.74, 6) is 0. The lowest BCUT2D eigenvalue weighted by atomic mass is 10.00. The number of hydrogen-bond donors (Lipinski definition) is 1. The van der Waals surface area contributed by atoms with Crippen LogP contribution in [0.5, 0.6) is 0 Å². The van der Waals surface area contributed by atoms with E-state index in [4.69, 9.17) is 5.73 Å². The first-order chi connectivity index (χ1) is 9.74. The largest absolute Gasteiger partial charge is 0.372 e. The molecule has 3 heteroatoms. The van der Waals surface area contributed by atoms with Crippen LogP contribution in [0.25, 0.3) is 0 Å². The van der Waals surface area contributed by atoms with Crippen molar-refractivity contribution in [2.45, 2.75) is 45.2 Å². The normalized spacial score (nSPS) is 20.1. The molecule has 1 aliphatic heterocycles. The van der Waals surface area contributed by atoms with Gasteiger partial charge in [-0.05, 0) is 57.5 Å². The van der Waals surface area contributed by atoms with Gasteiger partial charge in [0.15, 0.2) is 0 Å². The SMILES string of the molecule is CCN(CCC1CCCCN1C)c1ccc(CN)cc1. The number of nitrogens with two attached hydrogens (primary N) is 1. The number of piperidine rings is 1. The molecular formula is C17H29N3. The minimum absolute atomic E-state index is 0.624. The number of anilines is 1. The van der Waals surface area contributed by atoms with Crippen molar-refractivity contribution in [2.24, 2.45) is 5.73 Å². The molecule has 0 saturated carbocycles. The molecule has 1 aliphatic rings. The van der Waals surface area contributed by atoms with E-state index in [1.54, 1.807) is 0 Å². The second-order valence-corrected chi connectivity index (χ2v) is 5.87. The highest BCUT2D eigenvalue weighted by Crippen LogP contribution is 2.20. The summed E-state index contributed by atoms with van der Waals surface area (Å²) in [4.78, 5) is 5.01. The van der Waals surface area contributed by atoms with E-state index in [1.807, 2.05) is 0 Å². The number of rotatable bonds is 6. The fraction of sp³-hybridized carbons (Fsp3) is 0.647. The molecule has 0 amide bonds. The zero-order valence-electron chi connectivity index (χ0n) is 13.0. The van der Waals surface area contributed by atoms with Gasteiger partial charge in [0.25, 0.3) is 0 Å². The molecule has 2 N–H and O–H groups in total. The number of likely N-dealkylation sites (tertiary alicyclic amines) is 1. The van der Waals surface area contributed by atoms with Crippen LogP contribution in [0.1, 0.15) is 38.2 Å². The summed E-state index contributed by atoms with van der Waals surface area (Å²) in [7, 11) is 2.27. The smallest absolute Gasteiger partial charge is 0.0366 e. The molecule has 1 fully saturated rings. The Morgan fingerprint density at radius 2 is 2.00 bits per heavy atom. The Hall–Kier alpha value is -1.06. The first-order valence-electron chi connectivity index (χ1n) is 7.98. The number of benzene rings is 1. The standard InChI is InChI=1S/C17H29N3/c1-3-20(17-9-7-15(14-18)8-10-17)13-11-16-6-4-5-12-19(16)2/h7-10,16H,3-6,11-14,18H2,1-2H3. The topological polar surface area (TPSA) is 32.5 Å². The van der Waals surface area contributed by atoms with Gasteiger partial charge in [0.2, 0.25) is 0 Å². The third-order valence-corrected chi connectivity index (χ3v) is 4.57. The van der Waals surface area contributed by atoms with Crippen molar-refractivity contribution in [1.29, 1.82) is 0 Å². The quantitative estimate of drug-likeness (QED) is 0.866. The van der Waals surface area contributed by atoms with Crippen LogP contribution < -0.4 is 10.6 Å². The van der Waals surface area contributed by atoms with E-state index < -0.39 is 0 Å². The number of hydrogen-bond acceptors (Lipinski definition) is 3. The Labute approximate surface area is 123 Å². The molecule has 0 spiro atoms. The summed E-state index contributed by atoms with van der Waals surface area (Å²) in [5.41, 5.74) is 8.19. The summed E-state index contributed by atoms with van der Waals surface area (Å²) in [6, 6.07) is 9.46. The van der Waals surface area contributed by atoms with Crippen LogP contribution in [-0.2, 0) is 6.54 Å². The van der Waals surface area contributed by atoms with Gasteiger partial charge in [-0.15, -0.1) is 0 Å². The van der Waals surface area contributed by atoms with Gasteiger partial charge >= 0.3 is 0 Å². The van der Waals surface area contributed by atoms with E-state index in [9.17, 15) is 0 Å². The lowest BCUT2D eigenvalue weighted by Crippen LogP contribution is -2.39. The predicted octanol–water partition coefficient (Wildman–Crippen LogP) is 2.85. The molecule has 20 heavy (non-hydrogen) atoms. The molecule has 112 valence electrons. The maximum Gasteiger partial charge on any atom is 0.0366 e. The lowest BCUT2D eigenvalue weighted by molar-refractivity contribution is 0.177. The van der Waals surface area contributed by atoms with E-state index in [1.165, 1.54) is 43.5 Å². The van der Waals surface area contributed by atoms with Gasteiger partial charge in [-0.3, -0.25) is 0 Å². The van der Waals surface area contributed by atoms with E-state index in [-0.39, 0.29) is 0 Å². The average molecular weight is 275 g/mol. The second-order valence-electron chi connectivity index (χ2n) is 5.87. The van der Waals surface area contributed by atoms with Gasteiger partial charge in [0, 0.05) is 31.4 Å². The van der Waals surface area contributed by atoms with Crippen molar-refractivity contribution < 1.29 is 0 Å². The van der Waals surface area contributed by atoms with E-state index in [0.717, 1.165) is 19.1 Å². The maximum absolute atomic E-state index is 5.66. The first-order valence-corrected chi connectivity index (χ1v) is 7.98. The maximum atomic E-state index is 5.66. The van der Waals surface area contributed by atoms with Crippen molar-refractivity contribution in [3.8, 4) is 0 Å². The third kappa shape index (κ3) is 3.97. The molecule has 1 aromatic carbocycles. The molecule has 0 aliphatic carbocycles. The molecule has 1 heterocycles. The molecule has 3 nitrogen and oxygen atoms in total. The van der Waals surface area contributed by atoms with Crippen LogP contribution in [0.15, 0.2) is 24.3 Å². The second kappa shape index (κ2) is 7.65. The summed E-state index contributed by atoms with van der Waals surface area (Å²) in [6.45, 7) is 6.34. The van der Waals surface area contributed by atoms with Crippen LogP contribution >= 0.6 is 0 Å². The Kier molecular flexibility index (Phi) is 5.86. The molecule has 0 aromatic heterocycles. The van der Waals surface area contributed by atoms with Gasteiger partial charge in [0.1, 0.15) is 0 Å². The molecule has 0 bridgehead atoms. The highest BCUT2D eigenvalue weighted by molar-refractivity contribution is 5.47. The van der Waals surface area contributed by atoms with Crippen LogP contribution in [0.2, 0.25) is 0 Å². The van der Waals surface area contributed by atoms with Crippen molar-refractivity contribution >= 4 is 5.69 Å².